The zero-order valence-electron chi connectivity index (χ0n) is 9.05. The van der Waals surface area contributed by atoms with Crippen LogP contribution in [-0.4, -0.2) is 32.0 Å². The first kappa shape index (κ1) is 13.3. The molecule has 1 aliphatic carbocycles. The van der Waals surface area contributed by atoms with Crippen molar-refractivity contribution < 1.29 is 27.4 Å². The number of halogens is 3. The molecule has 1 atom stereocenters. The lowest BCUT2D eigenvalue weighted by Crippen LogP contribution is -2.28. The van der Waals surface area contributed by atoms with Gasteiger partial charge in [-0.25, -0.2) is 4.79 Å². The molecule has 0 saturated heterocycles. The van der Waals surface area contributed by atoms with Gasteiger partial charge in [0.15, 0.2) is 6.10 Å². The normalized spacial score (nSPS) is 18.2. The van der Waals surface area contributed by atoms with Crippen molar-refractivity contribution in [3.05, 3.63) is 0 Å². The van der Waals surface area contributed by atoms with E-state index in [2.05, 4.69) is 4.74 Å². The van der Waals surface area contributed by atoms with Gasteiger partial charge < -0.3 is 9.47 Å². The molecule has 1 fully saturated rings. The molecule has 0 heterocycles. The first-order valence-electron chi connectivity index (χ1n) is 5.20. The van der Waals surface area contributed by atoms with Crippen LogP contribution in [0.15, 0.2) is 0 Å². The van der Waals surface area contributed by atoms with Gasteiger partial charge in [-0.05, 0) is 25.2 Å². The Balaban J connectivity index is 2.20. The van der Waals surface area contributed by atoms with E-state index in [0.717, 1.165) is 12.8 Å². The summed E-state index contributed by atoms with van der Waals surface area (Å²) in [6, 6.07) is 0. The summed E-state index contributed by atoms with van der Waals surface area (Å²) in [7, 11) is 1.25. The molecule has 94 valence electrons. The molecule has 1 aliphatic rings. The zero-order valence-corrected chi connectivity index (χ0v) is 9.05. The fourth-order valence-corrected chi connectivity index (χ4v) is 1.39. The maximum atomic E-state index is 11.8. The van der Waals surface area contributed by atoms with Crippen LogP contribution in [0.25, 0.3) is 0 Å². The van der Waals surface area contributed by atoms with Crippen LogP contribution < -0.4 is 0 Å². The third-order valence-electron chi connectivity index (χ3n) is 2.39. The highest BCUT2D eigenvalue weighted by Gasteiger charge is 2.38. The molecule has 6 heteroatoms. The Hall–Kier alpha value is -0.780. The van der Waals surface area contributed by atoms with Crippen LogP contribution in [0, 0.1) is 5.92 Å². The van der Waals surface area contributed by atoms with E-state index in [1.165, 1.54) is 7.11 Å². The Bertz CT molecular complexity index is 236. The van der Waals surface area contributed by atoms with Gasteiger partial charge in [0.05, 0.1) is 7.11 Å². The number of carbonyl (C=O) groups excluding carboxylic acids is 1. The van der Waals surface area contributed by atoms with Crippen LogP contribution in [0.3, 0.4) is 0 Å². The zero-order chi connectivity index (χ0) is 12.2. The molecule has 1 rings (SSSR count). The lowest BCUT2D eigenvalue weighted by atomic mass is 10.2. The minimum absolute atomic E-state index is 0.0597. The standard InChI is InChI=1S/C10H15F3O3/c1-15-9(14)8(7-3-4-7)16-6-2-5-10(11,12)13/h7-8H,2-6H2,1H3. The maximum Gasteiger partial charge on any atom is 0.389 e. The van der Waals surface area contributed by atoms with Gasteiger partial charge in [0.25, 0.3) is 0 Å². The predicted octanol–water partition coefficient (Wildman–Crippen LogP) is 2.30. The molecule has 0 amide bonds. The minimum atomic E-state index is -4.16. The Morgan fingerprint density at radius 2 is 2.06 bits per heavy atom. The van der Waals surface area contributed by atoms with Gasteiger partial charge in [0, 0.05) is 13.0 Å². The maximum absolute atomic E-state index is 11.8. The van der Waals surface area contributed by atoms with E-state index in [4.69, 9.17) is 4.74 Å². The first-order valence-corrected chi connectivity index (χ1v) is 5.20. The van der Waals surface area contributed by atoms with Crippen LogP contribution in [-0.2, 0) is 14.3 Å². The van der Waals surface area contributed by atoms with E-state index >= 15 is 0 Å². The highest BCUT2D eigenvalue weighted by Crippen LogP contribution is 2.35. The molecule has 0 aromatic carbocycles. The van der Waals surface area contributed by atoms with E-state index in [0.29, 0.717) is 0 Å². The van der Waals surface area contributed by atoms with Gasteiger partial charge in [-0.1, -0.05) is 0 Å². The van der Waals surface area contributed by atoms with Crippen molar-refractivity contribution >= 4 is 5.97 Å². The van der Waals surface area contributed by atoms with Crippen molar-refractivity contribution in [2.24, 2.45) is 5.92 Å². The van der Waals surface area contributed by atoms with Crippen LogP contribution >= 0.6 is 0 Å². The molecule has 3 nitrogen and oxygen atoms in total. The summed E-state index contributed by atoms with van der Waals surface area (Å²) in [6.07, 6.45) is -4.10. The first-order chi connectivity index (χ1) is 7.44. The van der Waals surface area contributed by atoms with Crippen molar-refractivity contribution in [3.8, 4) is 0 Å². The number of esters is 1. The van der Waals surface area contributed by atoms with Gasteiger partial charge in [-0.3, -0.25) is 0 Å². The van der Waals surface area contributed by atoms with Crippen molar-refractivity contribution in [2.45, 2.75) is 38.0 Å². The second kappa shape index (κ2) is 5.52. The molecule has 0 bridgehead atoms. The van der Waals surface area contributed by atoms with Crippen LogP contribution in [0.1, 0.15) is 25.7 Å². The van der Waals surface area contributed by atoms with E-state index in [9.17, 15) is 18.0 Å². The summed E-state index contributed by atoms with van der Waals surface area (Å²) in [4.78, 5) is 11.2. The van der Waals surface area contributed by atoms with Crippen molar-refractivity contribution in [1.82, 2.24) is 0 Å². The number of hydrogen-bond donors (Lipinski definition) is 0. The van der Waals surface area contributed by atoms with Gasteiger partial charge >= 0.3 is 12.1 Å². The minimum Gasteiger partial charge on any atom is -0.467 e. The molecule has 0 aromatic rings. The molecule has 1 unspecified atom stereocenters. The Kier molecular flexibility index (Phi) is 4.58. The molecule has 0 spiro atoms. The van der Waals surface area contributed by atoms with Crippen molar-refractivity contribution in [3.63, 3.8) is 0 Å². The second-order valence-electron chi connectivity index (χ2n) is 3.87. The molecule has 0 aliphatic heterocycles. The number of alkyl halides is 3. The van der Waals surface area contributed by atoms with Crippen LogP contribution in [0.2, 0.25) is 0 Å². The SMILES string of the molecule is COC(=O)C(OCCCC(F)(F)F)C1CC1. The highest BCUT2D eigenvalue weighted by atomic mass is 19.4. The van der Waals surface area contributed by atoms with E-state index in [-0.39, 0.29) is 18.9 Å². The van der Waals surface area contributed by atoms with E-state index in [1.807, 2.05) is 0 Å². The van der Waals surface area contributed by atoms with Gasteiger partial charge in [-0.2, -0.15) is 13.2 Å². The van der Waals surface area contributed by atoms with Gasteiger partial charge in [-0.15, -0.1) is 0 Å². The molecule has 0 N–H and O–H groups in total. The number of methoxy groups -OCH3 is 1. The summed E-state index contributed by atoms with van der Waals surface area (Å²) < 4.78 is 45.2. The fourth-order valence-electron chi connectivity index (χ4n) is 1.39. The van der Waals surface area contributed by atoms with Crippen LogP contribution in [0.4, 0.5) is 13.2 Å². The number of rotatable bonds is 6. The Morgan fingerprint density at radius 3 is 2.50 bits per heavy atom. The highest BCUT2D eigenvalue weighted by molar-refractivity contribution is 5.75. The third kappa shape index (κ3) is 4.83. The van der Waals surface area contributed by atoms with Crippen LogP contribution in [0.5, 0.6) is 0 Å². The third-order valence-corrected chi connectivity index (χ3v) is 2.39. The average Bonchev–Trinajstić information content (AvgIpc) is 2.99. The topological polar surface area (TPSA) is 35.5 Å². The molecular weight excluding hydrogens is 225 g/mol. The molecular formula is C10H15F3O3. The summed E-state index contributed by atoms with van der Waals surface area (Å²) >= 11 is 0. The molecule has 0 aromatic heterocycles. The predicted molar refractivity (Wildman–Crippen MR) is 49.8 cm³/mol. The quantitative estimate of drug-likeness (QED) is 0.528. The summed E-state index contributed by atoms with van der Waals surface area (Å²) in [5, 5.41) is 0. The lowest BCUT2D eigenvalue weighted by molar-refractivity contribution is -0.157. The van der Waals surface area contributed by atoms with Gasteiger partial charge in [0.1, 0.15) is 0 Å². The monoisotopic (exact) mass is 240 g/mol. The van der Waals surface area contributed by atoms with E-state index < -0.39 is 24.7 Å². The summed E-state index contributed by atoms with van der Waals surface area (Å²) in [6.45, 7) is -0.0597. The Labute approximate surface area is 91.9 Å². The molecule has 1 saturated carbocycles. The van der Waals surface area contributed by atoms with Crippen molar-refractivity contribution in [2.75, 3.05) is 13.7 Å². The summed E-state index contributed by atoms with van der Waals surface area (Å²) in [5.41, 5.74) is 0. The van der Waals surface area contributed by atoms with Crippen molar-refractivity contribution in [1.29, 1.82) is 0 Å². The van der Waals surface area contributed by atoms with Gasteiger partial charge in [0.2, 0.25) is 0 Å². The number of hydrogen-bond acceptors (Lipinski definition) is 3. The molecule has 16 heavy (non-hydrogen) atoms. The Morgan fingerprint density at radius 1 is 1.44 bits per heavy atom. The molecule has 0 radical (unpaired) electrons. The average molecular weight is 240 g/mol. The largest absolute Gasteiger partial charge is 0.467 e. The second-order valence-corrected chi connectivity index (χ2v) is 3.87. The van der Waals surface area contributed by atoms with E-state index in [1.54, 1.807) is 0 Å². The lowest BCUT2D eigenvalue weighted by Gasteiger charge is -2.15. The fraction of sp³-hybridized carbons (Fsp3) is 0.900. The number of carbonyl (C=O) groups is 1. The summed E-state index contributed by atoms with van der Waals surface area (Å²) in [5.74, 6) is -0.368. The smallest absolute Gasteiger partial charge is 0.389 e. The number of ether oxygens (including phenoxy) is 2.